The first kappa shape index (κ1) is 26.9. The van der Waals surface area contributed by atoms with E-state index >= 15 is 0 Å². The summed E-state index contributed by atoms with van der Waals surface area (Å²) >= 11 is 5.82. The molecule has 1 N–H and O–H groups in total. The normalized spacial score (nSPS) is 39.4. The molecular formula is C29H49N3O2S. The van der Waals surface area contributed by atoms with Crippen molar-refractivity contribution in [2.45, 2.75) is 124 Å². The third-order valence-electron chi connectivity index (χ3n) is 10.4. The monoisotopic (exact) mass is 503 g/mol. The maximum absolute atomic E-state index is 14.3. The van der Waals surface area contributed by atoms with Crippen LogP contribution in [0.1, 0.15) is 107 Å². The number of fused-ring (bicyclic) bond motifs is 5. The van der Waals surface area contributed by atoms with Gasteiger partial charge >= 0.3 is 0 Å². The second-order valence-electron chi connectivity index (χ2n) is 14.7. The number of thiocarbonyl (C=S) groups is 1. The summed E-state index contributed by atoms with van der Waals surface area (Å²) in [6.07, 6.45) is 8.40. The van der Waals surface area contributed by atoms with Gasteiger partial charge in [0.05, 0.1) is 0 Å². The molecule has 5 nitrogen and oxygen atoms in total. The second-order valence-corrected chi connectivity index (χ2v) is 15.1. The van der Waals surface area contributed by atoms with Crippen molar-refractivity contribution in [2.24, 2.45) is 34.5 Å². The maximum atomic E-state index is 14.3. The van der Waals surface area contributed by atoms with Gasteiger partial charge in [-0.15, -0.1) is 0 Å². The van der Waals surface area contributed by atoms with Crippen molar-refractivity contribution in [3.8, 4) is 0 Å². The molecule has 4 fully saturated rings. The molecule has 0 spiro atoms. The van der Waals surface area contributed by atoms with Crippen molar-refractivity contribution in [1.29, 1.82) is 0 Å². The standard InChI is InChI=1S/C29H49N3O2S/c1-26(2,3)30-25(35)32(27(4,5)6)24(34)21-12-11-19-18-10-13-22-29(8,17-15-23(33)31(22)9)20(18)14-16-28(19,21)7/h18-22H,10-17H2,1-9H3,(H,30,35)/t18-,19-,20-,21+,22+,28-,29+/m0/s1. The lowest BCUT2D eigenvalue weighted by molar-refractivity contribution is -0.161. The van der Waals surface area contributed by atoms with Crippen LogP contribution in [0.25, 0.3) is 0 Å². The van der Waals surface area contributed by atoms with E-state index in [1.807, 2.05) is 11.9 Å². The van der Waals surface area contributed by atoms with Gasteiger partial charge in [-0.2, -0.15) is 0 Å². The molecule has 0 aromatic carbocycles. The Labute approximate surface area is 219 Å². The van der Waals surface area contributed by atoms with Gasteiger partial charge in [0.25, 0.3) is 0 Å². The zero-order chi connectivity index (χ0) is 26.1. The van der Waals surface area contributed by atoms with Gasteiger partial charge in [0, 0.05) is 36.5 Å². The summed E-state index contributed by atoms with van der Waals surface area (Å²) in [4.78, 5) is 30.7. The molecule has 1 aliphatic heterocycles. The minimum atomic E-state index is -0.372. The highest BCUT2D eigenvalue weighted by atomic mass is 32.1. The highest BCUT2D eigenvalue weighted by Crippen LogP contribution is 2.66. The molecule has 3 aliphatic carbocycles. The second kappa shape index (κ2) is 8.70. The van der Waals surface area contributed by atoms with Crippen LogP contribution in [0, 0.1) is 34.5 Å². The van der Waals surface area contributed by atoms with Gasteiger partial charge in [0.1, 0.15) is 0 Å². The summed E-state index contributed by atoms with van der Waals surface area (Å²) in [7, 11) is 2.03. The number of hydrogen-bond acceptors (Lipinski definition) is 3. The third kappa shape index (κ3) is 4.44. The third-order valence-corrected chi connectivity index (χ3v) is 10.7. The molecule has 4 rings (SSSR count). The highest BCUT2D eigenvalue weighted by Gasteiger charge is 2.62. The van der Waals surface area contributed by atoms with Crippen molar-refractivity contribution in [1.82, 2.24) is 15.1 Å². The van der Waals surface area contributed by atoms with E-state index in [4.69, 9.17) is 12.2 Å². The molecule has 0 aromatic rings. The zero-order valence-corrected chi connectivity index (χ0v) is 24.5. The highest BCUT2D eigenvalue weighted by molar-refractivity contribution is 7.80. The van der Waals surface area contributed by atoms with Gasteiger partial charge in [0.2, 0.25) is 11.8 Å². The first-order valence-electron chi connectivity index (χ1n) is 13.9. The molecule has 0 bridgehead atoms. The Morgan fingerprint density at radius 2 is 1.60 bits per heavy atom. The number of hydrogen-bond donors (Lipinski definition) is 1. The van der Waals surface area contributed by atoms with Crippen molar-refractivity contribution in [3.63, 3.8) is 0 Å². The molecule has 198 valence electrons. The topological polar surface area (TPSA) is 52.7 Å². The summed E-state index contributed by atoms with van der Waals surface area (Å²) in [5.74, 6) is 2.46. The summed E-state index contributed by atoms with van der Waals surface area (Å²) in [6.45, 7) is 17.4. The first-order chi connectivity index (χ1) is 16.0. The predicted octanol–water partition coefficient (Wildman–Crippen LogP) is 5.77. The van der Waals surface area contributed by atoms with E-state index in [9.17, 15) is 9.59 Å². The average Bonchev–Trinajstić information content (AvgIpc) is 3.06. The number of rotatable bonds is 1. The molecule has 4 aliphatic rings. The molecule has 1 heterocycles. The number of carbonyl (C=O) groups is 2. The molecule has 1 saturated heterocycles. The van der Waals surface area contributed by atoms with Crippen LogP contribution in [0.3, 0.4) is 0 Å². The van der Waals surface area contributed by atoms with E-state index < -0.39 is 0 Å². The largest absolute Gasteiger partial charge is 0.358 e. The number of nitrogens with one attached hydrogen (secondary N) is 1. The molecule has 0 radical (unpaired) electrons. The van der Waals surface area contributed by atoms with E-state index in [1.54, 1.807) is 0 Å². The fourth-order valence-corrected chi connectivity index (χ4v) is 9.49. The van der Waals surface area contributed by atoms with Crippen LogP contribution in [0.2, 0.25) is 0 Å². The Kier molecular flexibility index (Phi) is 6.68. The molecule has 3 saturated carbocycles. The first-order valence-corrected chi connectivity index (χ1v) is 14.3. The van der Waals surface area contributed by atoms with Gasteiger partial charge in [-0.25, -0.2) is 0 Å². The summed E-state index contributed by atoms with van der Waals surface area (Å²) < 4.78 is 0. The van der Waals surface area contributed by atoms with E-state index in [-0.39, 0.29) is 33.7 Å². The molecule has 6 heteroatoms. The minimum Gasteiger partial charge on any atom is -0.358 e. The Hall–Kier alpha value is -1.17. The number of carbonyl (C=O) groups excluding carboxylic acids is 2. The smallest absolute Gasteiger partial charge is 0.232 e. The zero-order valence-electron chi connectivity index (χ0n) is 23.7. The van der Waals surface area contributed by atoms with Gasteiger partial charge in [-0.05, 0) is 127 Å². The van der Waals surface area contributed by atoms with Crippen molar-refractivity contribution < 1.29 is 9.59 Å². The Morgan fingerprint density at radius 1 is 0.971 bits per heavy atom. The SMILES string of the molecule is CN1C(=O)CC[C@]2(C)[C@H]3CC[C@]4(C)[C@@H](C(=O)N(C(=S)NC(C)(C)C)C(C)(C)C)CC[C@H]4[C@@H]3CC[C@@H]12. The van der Waals surface area contributed by atoms with Crippen molar-refractivity contribution in [2.75, 3.05) is 7.05 Å². The van der Waals surface area contributed by atoms with E-state index in [1.165, 1.54) is 12.8 Å². The van der Waals surface area contributed by atoms with E-state index in [0.29, 0.717) is 41.2 Å². The number of likely N-dealkylation sites (tertiary alicyclic amines) is 1. The summed E-state index contributed by atoms with van der Waals surface area (Å²) in [5.41, 5.74) is -0.324. The van der Waals surface area contributed by atoms with Crippen LogP contribution >= 0.6 is 12.2 Å². The van der Waals surface area contributed by atoms with Crippen LogP contribution in [0.5, 0.6) is 0 Å². The van der Waals surface area contributed by atoms with E-state index in [0.717, 1.165) is 32.1 Å². The van der Waals surface area contributed by atoms with Crippen molar-refractivity contribution in [3.05, 3.63) is 0 Å². The molecule has 0 aromatic heterocycles. The Bertz CT molecular complexity index is 889. The van der Waals surface area contributed by atoms with Gasteiger partial charge in [-0.1, -0.05) is 13.8 Å². The Balaban J connectivity index is 1.59. The number of nitrogens with zero attached hydrogens (tertiary/aromatic N) is 2. The fraction of sp³-hybridized carbons (Fsp3) is 0.897. The quantitative estimate of drug-likeness (QED) is 0.462. The number of piperidine rings is 1. The van der Waals surface area contributed by atoms with Crippen LogP contribution < -0.4 is 5.32 Å². The van der Waals surface area contributed by atoms with Crippen LogP contribution in [-0.4, -0.2) is 50.9 Å². The fourth-order valence-electron chi connectivity index (χ4n) is 8.82. The molecule has 2 amide bonds. The van der Waals surface area contributed by atoms with Gasteiger partial charge in [-0.3, -0.25) is 14.5 Å². The lowest BCUT2D eigenvalue weighted by atomic mass is 9.47. The van der Waals surface area contributed by atoms with Gasteiger partial charge in [0.15, 0.2) is 5.11 Å². The van der Waals surface area contributed by atoms with Crippen LogP contribution in [-0.2, 0) is 9.59 Å². The average molecular weight is 504 g/mol. The van der Waals surface area contributed by atoms with Crippen LogP contribution in [0.15, 0.2) is 0 Å². The Morgan fingerprint density at radius 3 is 2.20 bits per heavy atom. The molecule has 7 atom stereocenters. The summed E-state index contributed by atoms with van der Waals surface area (Å²) in [6, 6.07) is 0.380. The lowest BCUT2D eigenvalue weighted by Crippen LogP contribution is -2.62. The molecular weight excluding hydrogens is 454 g/mol. The van der Waals surface area contributed by atoms with Crippen LogP contribution in [0.4, 0.5) is 0 Å². The lowest BCUT2D eigenvalue weighted by Gasteiger charge is -2.61. The molecule has 35 heavy (non-hydrogen) atoms. The maximum Gasteiger partial charge on any atom is 0.232 e. The van der Waals surface area contributed by atoms with Gasteiger partial charge < -0.3 is 10.2 Å². The predicted molar refractivity (Wildman–Crippen MR) is 146 cm³/mol. The number of amides is 2. The summed E-state index contributed by atoms with van der Waals surface area (Å²) in [5, 5.41) is 3.96. The molecule has 0 unspecified atom stereocenters. The van der Waals surface area contributed by atoms with E-state index in [2.05, 4.69) is 65.6 Å². The minimum absolute atomic E-state index is 0.0218. The van der Waals surface area contributed by atoms with Crippen molar-refractivity contribution >= 4 is 29.1 Å².